The molecule has 0 amide bonds. The lowest BCUT2D eigenvalue weighted by Gasteiger charge is -2.02. The fourth-order valence-corrected chi connectivity index (χ4v) is 3.61. The van der Waals surface area contributed by atoms with E-state index in [1.54, 1.807) is 19.3 Å². The molecule has 2 rings (SSSR count). The third-order valence-corrected chi connectivity index (χ3v) is 5.43. The van der Waals surface area contributed by atoms with E-state index in [0.717, 1.165) is 12.1 Å². The van der Waals surface area contributed by atoms with Gasteiger partial charge in [-0.15, -0.1) is 0 Å². The highest BCUT2D eigenvalue weighted by Gasteiger charge is 2.05. The summed E-state index contributed by atoms with van der Waals surface area (Å²) in [5, 5.41) is 0. The molecule has 1 heterocycles. The van der Waals surface area contributed by atoms with Crippen molar-refractivity contribution in [3.63, 3.8) is 0 Å². The molecule has 0 radical (unpaired) electrons. The highest BCUT2D eigenvalue weighted by atomic mass is 16.5. The Bertz CT molecular complexity index is 782. The van der Waals surface area contributed by atoms with Crippen molar-refractivity contribution in [3.8, 4) is 5.75 Å². The lowest BCUT2D eigenvalue weighted by atomic mass is 10.1. The Kier molecular flexibility index (Phi) is 11.6. The summed E-state index contributed by atoms with van der Waals surface area (Å²) in [5.41, 5.74) is 1.68. The zero-order valence-electron chi connectivity index (χ0n) is 18.8. The summed E-state index contributed by atoms with van der Waals surface area (Å²) in [7, 11) is 1.61. The van der Waals surface area contributed by atoms with Gasteiger partial charge in [-0.25, -0.2) is 4.57 Å². The number of ether oxygens (including phenoxy) is 1. The maximum Gasteiger partial charge on any atom is 0.185 e. The van der Waals surface area contributed by atoms with Crippen LogP contribution in [0.2, 0.25) is 0 Å². The molecule has 3 nitrogen and oxygen atoms in total. The largest absolute Gasteiger partial charge is 0.497 e. The molecule has 0 saturated heterocycles. The first-order valence-corrected chi connectivity index (χ1v) is 11.6. The molecule has 3 heteroatoms. The second-order valence-corrected chi connectivity index (χ2v) is 7.99. The summed E-state index contributed by atoms with van der Waals surface area (Å²) in [4.78, 5) is 12.4. The van der Waals surface area contributed by atoms with Crippen LogP contribution >= 0.6 is 0 Å². The number of aromatic nitrogens is 1. The SMILES string of the molecule is CCCCCCCCCCCC[n+]1cccc(/C=C/C(=O)c2cccc(OC)c2)c1. The van der Waals surface area contributed by atoms with Crippen LogP contribution in [0.1, 0.15) is 87.1 Å². The first-order valence-electron chi connectivity index (χ1n) is 11.6. The minimum absolute atomic E-state index is 0.0148. The fourth-order valence-electron chi connectivity index (χ4n) is 3.61. The standard InChI is InChI=1S/C27H38NO2/c1-3-4-5-6-7-8-9-10-11-12-20-28-21-14-15-24(23-28)18-19-27(29)25-16-13-17-26(22-25)30-2/h13-19,21-23H,3-12,20H2,1-2H3/q+1/b19-18+. The molecule has 0 aliphatic rings. The summed E-state index contributed by atoms with van der Waals surface area (Å²) < 4.78 is 7.41. The van der Waals surface area contributed by atoms with Crippen molar-refractivity contribution in [2.24, 2.45) is 0 Å². The quantitative estimate of drug-likeness (QED) is 0.140. The van der Waals surface area contributed by atoms with Crippen molar-refractivity contribution >= 4 is 11.9 Å². The van der Waals surface area contributed by atoms with Crippen molar-refractivity contribution in [1.82, 2.24) is 0 Å². The number of aryl methyl sites for hydroxylation is 1. The van der Waals surface area contributed by atoms with Gasteiger partial charge in [0.25, 0.3) is 0 Å². The number of benzene rings is 1. The maximum absolute atomic E-state index is 12.4. The predicted octanol–water partition coefficient (Wildman–Crippen LogP) is 6.80. The van der Waals surface area contributed by atoms with Gasteiger partial charge < -0.3 is 4.74 Å². The highest BCUT2D eigenvalue weighted by Crippen LogP contribution is 2.14. The smallest absolute Gasteiger partial charge is 0.185 e. The molecular formula is C27H38NO2+. The summed E-state index contributed by atoms with van der Waals surface area (Å²) in [6.07, 6.45) is 21.3. The molecule has 30 heavy (non-hydrogen) atoms. The zero-order valence-corrected chi connectivity index (χ0v) is 18.8. The lowest BCUT2D eigenvalue weighted by molar-refractivity contribution is -0.697. The molecule has 2 aromatic rings. The van der Waals surface area contributed by atoms with Gasteiger partial charge in [-0.1, -0.05) is 70.4 Å². The molecule has 162 valence electrons. The van der Waals surface area contributed by atoms with Crippen LogP contribution < -0.4 is 9.30 Å². The molecule has 0 unspecified atom stereocenters. The Morgan fingerprint density at radius 3 is 2.33 bits per heavy atom. The normalized spacial score (nSPS) is 11.1. The Morgan fingerprint density at radius 1 is 0.933 bits per heavy atom. The van der Waals surface area contributed by atoms with E-state index in [1.165, 1.54) is 64.2 Å². The van der Waals surface area contributed by atoms with Gasteiger partial charge in [-0.3, -0.25) is 4.79 Å². The number of methoxy groups -OCH3 is 1. The molecule has 0 atom stereocenters. The van der Waals surface area contributed by atoms with Gasteiger partial charge in [0.05, 0.1) is 7.11 Å². The second-order valence-electron chi connectivity index (χ2n) is 7.99. The number of carbonyl (C=O) groups is 1. The predicted molar refractivity (Wildman–Crippen MR) is 125 cm³/mol. The van der Waals surface area contributed by atoms with Crippen molar-refractivity contribution in [2.75, 3.05) is 7.11 Å². The highest BCUT2D eigenvalue weighted by molar-refractivity contribution is 6.07. The van der Waals surface area contributed by atoms with Crippen LogP contribution in [0, 0.1) is 0 Å². The van der Waals surface area contributed by atoms with Gasteiger partial charge in [0.1, 0.15) is 12.3 Å². The molecule has 0 aliphatic carbocycles. The van der Waals surface area contributed by atoms with Crippen LogP contribution in [0.25, 0.3) is 6.08 Å². The lowest BCUT2D eigenvalue weighted by Crippen LogP contribution is -2.32. The van der Waals surface area contributed by atoms with Crippen LogP contribution in [0.4, 0.5) is 0 Å². The number of nitrogens with zero attached hydrogens (tertiary/aromatic N) is 1. The van der Waals surface area contributed by atoms with E-state index in [2.05, 4.69) is 23.9 Å². The molecular weight excluding hydrogens is 370 g/mol. The van der Waals surface area contributed by atoms with Gasteiger partial charge in [0, 0.05) is 23.6 Å². The summed E-state index contributed by atoms with van der Waals surface area (Å²) in [6.45, 7) is 3.30. The average molecular weight is 409 g/mol. The van der Waals surface area contributed by atoms with Crippen LogP contribution in [0.3, 0.4) is 0 Å². The van der Waals surface area contributed by atoms with Gasteiger partial charge in [0.2, 0.25) is 0 Å². The number of allylic oxidation sites excluding steroid dienone is 1. The van der Waals surface area contributed by atoms with Crippen molar-refractivity contribution in [1.29, 1.82) is 0 Å². The summed E-state index contributed by atoms with van der Waals surface area (Å²) in [6, 6.07) is 11.3. The zero-order chi connectivity index (χ0) is 21.4. The third kappa shape index (κ3) is 9.39. The molecule has 0 spiro atoms. The molecule has 0 fully saturated rings. The minimum Gasteiger partial charge on any atom is -0.497 e. The fraction of sp³-hybridized carbons (Fsp3) is 0.481. The monoisotopic (exact) mass is 408 g/mol. The second kappa shape index (κ2) is 14.5. The molecule has 0 N–H and O–H groups in total. The Hall–Kier alpha value is -2.42. The summed E-state index contributed by atoms with van der Waals surface area (Å²) in [5.74, 6) is 0.683. The van der Waals surface area contributed by atoms with Crippen molar-refractivity contribution in [2.45, 2.75) is 77.7 Å². The van der Waals surface area contributed by atoms with E-state index >= 15 is 0 Å². The molecule has 0 saturated carbocycles. The first-order chi connectivity index (χ1) is 14.7. The van der Waals surface area contributed by atoms with Crippen molar-refractivity contribution < 1.29 is 14.1 Å². The third-order valence-electron chi connectivity index (χ3n) is 5.43. The Balaban J connectivity index is 1.70. The minimum atomic E-state index is -0.0148. The summed E-state index contributed by atoms with van der Waals surface area (Å²) >= 11 is 0. The first kappa shape index (κ1) is 23.9. The van der Waals surface area contributed by atoms with E-state index in [4.69, 9.17) is 4.74 Å². The number of unbranched alkanes of at least 4 members (excludes halogenated alkanes) is 9. The van der Waals surface area contributed by atoms with Gasteiger partial charge >= 0.3 is 0 Å². The van der Waals surface area contributed by atoms with Gasteiger partial charge in [-0.2, -0.15) is 0 Å². The van der Waals surface area contributed by atoms with Gasteiger partial charge in [-0.05, 0) is 36.8 Å². The number of hydrogen-bond acceptors (Lipinski definition) is 2. The van der Waals surface area contributed by atoms with Crippen LogP contribution in [-0.4, -0.2) is 12.9 Å². The number of carbonyl (C=O) groups excluding carboxylic acids is 1. The molecule has 1 aromatic carbocycles. The molecule has 0 bridgehead atoms. The number of pyridine rings is 1. The number of ketones is 1. The Labute approximate surface area is 182 Å². The van der Waals surface area contributed by atoms with E-state index in [9.17, 15) is 4.79 Å². The van der Waals surface area contributed by atoms with Crippen LogP contribution in [0.5, 0.6) is 5.75 Å². The van der Waals surface area contributed by atoms with Gasteiger partial charge in [0.15, 0.2) is 18.2 Å². The maximum atomic E-state index is 12.4. The number of hydrogen-bond donors (Lipinski definition) is 0. The molecule has 0 aliphatic heterocycles. The van der Waals surface area contributed by atoms with Crippen LogP contribution in [0.15, 0.2) is 54.9 Å². The average Bonchev–Trinajstić information content (AvgIpc) is 2.79. The van der Waals surface area contributed by atoms with Crippen molar-refractivity contribution in [3.05, 3.63) is 66.0 Å². The Morgan fingerprint density at radius 2 is 1.63 bits per heavy atom. The van der Waals surface area contributed by atoms with Crippen LogP contribution in [-0.2, 0) is 6.54 Å². The topological polar surface area (TPSA) is 30.2 Å². The van der Waals surface area contributed by atoms with E-state index in [0.29, 0.717) is 11.3 Å². The van der Waals surface area contributed by atoms with E-state index in [1.807, 2.05) is 36.4 Å². The molecule has 1 aromatic heterocycles. The van der Waals surface area contributed by atoms with E-state index in [-0.39, 0.29) is 5.78 Å². The number of rotatable bonds is 15. The van der Waals surface area contributed by atoms with E-state index < -0.39 is 0 Å².